The van der Waals surface area contributed by atoms with Crippen LogP contribution in [0.25, 0.3) is 0 Å². The second-order valence-electron chi connectivity index (χ2n) is 4.83. The van der Waals surface area contributed by atoms with Crippen LogP contribution < -0.4 is 4.90 Å². The molecule has 1 aliphatic heterocycles. The van der Waals surface area contributed by atoms with Gasteiger partial charge in [0.25, 0.3) is 11.8 Å². The Hall–Kier alpha value is -3.14. The first-order valence-corrected chi connectivity index (χ1v) is 6.44. The topological polar surface area (TPSA) is 61.2 Å². The third kappa shape index (κ3) is 2.25. The summed E-state index contributed by atoms with van der Waals surface area (Å²) in [5, 5.41) is 8.77. The number of fused-ring (bicyclic) bond motifs is 1. The Bertz CT molecular complexity index is 847. The second-order valence-corrected chi connectivity index (χ2v) is 4.83. The highest BCUT2D eigenvalue weighted by Crippen LogP contribution is 2.39. The van der Waals surface area contributed by atoms with Crippen LogP contribution in [0, 0.1) is 11.3 Å². The van der Waals surface area contributed by atoms with E-state index in [1.54, 1.807) is 6.07 Å². The fraction of sp³-hybridized carbons (Fsp3) is 0.0625. The third-order valence-electron chi connectivity index (χ3n) is 3.47. The van der Waals surface area contributed by atoms with Gasteiger partial charge in [0.1, 0.15) is 0 Å². The number of anilines is 1. The van der Waals surface area contributed by atoms with Crippen LogP contribution in [0.1, 0.15) is 31.8 Å². The van der Waals surface area contributed by atoms with Gasteiger partial charge >= 0.3 is 6.18 Å². The Labute approximate surface area is 128 Å². The van der Waals surface area contributed by atoms with E-state index in [9.17, 15) is 22.8 Å². The number of rotatable bonds is 1. The molecule has 2 aromatic carbocycles. The van der Waals surface area contributed by atoms with Crippen molar-refractivity contribution in [1.29, 1.82) is 5.26 Å². The molecule has 1 heterocycles. The minimum absolute atomic E-state index is 0.0509. The van der Waals surface area contributed by atoms with Gasteiger partial charge in [0, 0.05) is 0 Å². The largest absolute Gasteiger partial charge is 0.418 e. The van der Waals surface area contributed by atoms with Gasteiger partial charge in [-0.1, -0.05) is 12.1 Å². The predicted octanol–water partition coefficient (Wildman–Crippen LogP) is 3.38. The van der Waals surface area contributed by atoms with Gasteiger partial charge in [-0.15, -0.1) is 0 Å². The number of carbonyl (C=O) groups is 2. The Kier molecular flexibility index (Phi) is 3.18. The maximum Gasteiger partial charge on any atom is 0.418 e. The highest BCUT2D eigenvalue weighted by atomic mass is 19.4. The van der Waals surface area contributed by atoms with Crippen LogP contribution in [0.15, 0.2) is 42.5 Å². The molecule has 1 aliphatic rings. The average Bonchev–Trinajstić information content (AvgIpc) is 2.78. The van der Waals surface area contributed by atoms with Crippen LogP contribution in [0.2, 0.25) is 0 Å². The summed E-state index contributed by atoms with van der Waals surface area (Å²) in [6, 6.07) is 10.1. The van der Waals surface area contributed by atoms with Crippen LogP contribution in [0.5, 0.6) is 0 Å². The molecule has 0 saturated carbocycles. The number of benzene rings is 2. The van der Waals surface area contributed by atoms with E-state index in [4.69, 9.17) is 5.26 Å². The smallest absolute Gasteiger partial charge is 0.268 e. The number of carbonyl (C=O) groups excluding carboxylic acids is 2. The number of nitriles is 1. The van der Waals surface area contributed by atoms with Crippen molar-refractivity contribution in [3.8, 4) is 6.07 Å². The van der Waals surface area contributed by atoms with Gasteiger partial charge in [-0.25, -0.2) is 4.90 Å². The average molecular weight is 316 g/mol. The first-order valence-electron chi connectivity index (χ1n) is 6.44. The normalized spacial score (nSPS) is 13.9. The molecular formula is C16H7F3N2O2. The molecule has 2 amide bonds. The number of nitrogens with zero attached hydrogens (tertiary/aromatic N) is 2. The summed E-state index contributed by atoms with van der Waals surface area (Å²) in [5.74, 6) is -1.64. The second kappa shape index (κ2) is 4.95. The lowest BCUT2D eigenvalue weighted by molar-refractivity contribution is -0.137. The summed E-state index contributed by atoms with van der Waals surface area (Å²) in [4.78, 5) is 25.1. The van der Waals surface area contributed by atoms with Crippen LogP contribution >= 0.6 is 0 Å². The fourth-order valence-corrected chi connectivity index (χ4v) is 2.44. The van der Waals surface area contributed by atoms with Crippen LogP contribution in [-0.2, 0) is 6.18 Å². The number of halogens is 3. The summed E-state index contributed by atoms with van der Waals surface area (Å²) < 4.78 is 39.7. The summed E-state index contributed by atoms with van der Waals surface area (Å²) in [5.41, 5.74) is -1.89. The van der Waals surface area contributed by atoms with Gasteiger partial charge in [-0.2, -0.15) is 18.4 Å². The lowest BCUT2D eigenvalue weighted by atomic mass is 10.1. The van der Waals surface area contributed by atoms with E-state index in [-0.39, 0.29) is 16.7 Å². The SMILES string of the molecule is N#Cc1ccc(N2C(=O)c3ccccc3C2=O)c(C(F)(F)F)c1. The zero-order chi connectivity index (χ0) is 16.8. The van der Waals surface area contributed by atoms with E-state index in [2.05, 4.69) is 0 Å². The van der Waals surface area contributed by atoms with Gasteiger partial charge in [-0.05, 0) is 30.3 Å². The van der Waals surface area contributed by atoms with Crippen molar-refractivity contribution in [2.45, 2.75) is 6.18 Å². The monoisotopic (exact) mass is 316 g/mol. The first kappa shape index (κ1) is 14.8. The molecule has 4 nitrogen and oxygen atoms in total. The highest BCUT2D eigenvalue weighted by molar-refractivity contribution is 6.34. The van der Waals surface area contributed by atoms with Gasteiger partial charge in [0.2, 0.25) is 0 Å². The molecule has 0 bridgehead atoms. The molecule has 2 aromatic rings. The molecule has 7 heteroatoms. The maximum absolute atomic E-state index is 13.2. The molecule has 0 N–H and O–H groups in total. The van der Waals surface area contributed by atoms with Crippen molar-refractivity contribution in [1.82, 2.24) is 0 Å². The molecule has 0 unspecified atom stereocenters. The number of amides is 2. The summed E-state index contributed by atoms with van der Waals surface area (Å²) in [6.45, 7) is 0. The van der Waals surface area contributed by atoms with E-state index >= 15 is 0 Å². The summed E-state index contributed by atoms with van der Waals surface area (Å²) >= 11 is 0. The maximum atomic E-state index is 13.2. The van der Waals surface area contributed by atoms with Crippen LogP contribution in [-0.4, -0.2) is 11.8 Å². The molecule has 0 aliphatic carbocycles. The van der Waals surface area contributed by atoms with Crippen molar-refractivity contribution in [3.63, 3.8) is 0 Å². The van der Waals surface area contributed by atoms with Gasteiger partial charge in [0.05, 0.1) is 34.0 Å². The summed E-state index contributed by atoms with van der Waals surface area (Å²) in [6.07, 6.45) is -4.81. The number of hydrogen-bond acceptors (Lipinski definition) is 3. The van der Waals surface area contributed by atoms with E-state index in [0.29, 0.717) is 11.0 Å². The van der Waals surface area contributed by atoms with Crippen molar-refractivity contribution >= 4 is 17.5 Å². The van der Waals surface area contributed by atoms with Crippen molar-refractivity contribution in [2.24, 2.45) is 0 Å². The third-order valence-corrected chi connectivity index (χ3v) is 3.47. The summed E-state index contributed by atoms with van der Waals surface area (Å²) in [7, 11) is 0. The molecule has 0 radical (unpaired) electrons. The Morgan fingerprint density at radius 1 is 0.957 bits per heavy atom. The molecular weight excluding hydrogens is 309 g/mol. The Morgan fingerprint density at radius 2 is 1.52 bits per heavy atom. The predicted molar refractivity (Wildman–Crippen MR) is 73.7 cm³/mol. The van der Waals surface area contributed by atoms with Crippen LogP contribution in [0.3, 0.4) is 0 Å². The fourth-order valence-electron chi connectivity index (χ4n) is 2.44. The lowest BCUT2D eigenvalue weighted by Gasteiger charge is -2.19. The van der Waals surface area contributed by atoms with Gasteiger partial charge in [0.15, 0.2) is 0 Å². The Balaban J connectivity index is 2.20. The van der Waals surface area contributed by atoms with Crippen molar-refractivity contribution < 1.29 is 22.8 Å². The number of alkyl halides is 3. The van der Waals surface area contributed by atoms with Crippen LogP contribution in [0.4, 0.5) is 18.9 Å². The lowest BCUT2D eigenvalue weighted by Crippen LogP contribution is -2.31. The molecule has 0 spiro atoms. The molecule has 0 saturated heterocycles. The van der Waals surface area contributed by atoms with E-state index in [1.807, 2.05) is 0 Å². The number of imide groups is 1. The standard InChI is InChI=1S/C16H7F3N2O2/c17-16(18,19)12-7-9(8-20)5-6-13(12)21-14(22)10-3-1-2-4-11(10)15(21)23/h1-7H. The molecule has 0 fully saturated rings. The van der Waals surface area contributed by atoms with E-state index in [1.165, 1.54) is 24.3 Å². The molecule has 0 atom stereocenters. The number of hydrogen-bond donors (Lipinski definition) is 0. The van der Waals surface area contributed by atoms with E-state index in [0.717, 1.165) is 12.1 Å². The quantitative estimate of drug-likeness (QED) is 0.758. The van der Waals surface area contributed by atoms with Gasteiger partial charge < -0.3 is 0 Å². The molecule has 3 rings (SSSR count). The Morgan fingerprint density at radius 3 is 2.00 bits per heavy atom. The highest BCUT2D eigenvalue weighted by Gasteiger charge is 2.42. The van der Waals surface area contributed by atoms with Gasteiger partial charge in [-0.3, -0.25) is 9.59 Å². The molecule has 114 valence electrons. The van der Waals surface area contributed by atoms with Crippen molar-refractivity contribution in [3.05, 3.63) is 64.7 Å². The zero-order valence-electron chi connectivity index (χ0n) is 11.4. The first-order chi connectivity index (χ1) is 10.8. The zero-order valence-corrected chi connectivity index (χ0v) is 11.4. The van der Waals surface area contributed by atoms with Crippen molar-refractivity contribution in [2.75, 3.05) is 4.90 Å². The minimum Gasteiger partial charge on any atom is -0.268 e. The minimum atomic E-state index is -4.81. The molecule has 0 aromatic heterocycles. The molecule has 23 heavy (non-hydrogen) atoms. The van der Waals surface area contributed by atoms with E-state index < -0.39 is 29.2 Å².